The smallest absolute Gasteiger partial charge is 0.0449 e. The maximum Gasteiger partial charge on any atom is 0.0449 e. The molecule has 0 amide bonds. The Morgan fingerprint density at radius 3 is 2.67 bits per heavy atom. The maximum absolute atomic E-state index is 6.30. The van der Waals surface area contributed by atoms with E-state index >= 15 is 0 Å². The van der Waals surface area contributed by atoms with Crippen LogP contribution >= 0.6 is 23.4 Å². The number of hydrogen-bond donors (Lipinski definition) is 1. The second kappa shape index (κ2) is 8.08. The summed E-state index contributed by atoms with van der Waals surface area (Å²) in [5, 5.41) is 0.855. The van der Waals surface area contributed by atoms with Crippen LogP contribution in [0, 0.1) is 5.92 Å². The molecule has 2 N–H and O–H groups in total. The van der Waals surface area contributed by atoms with Crippen molar-refractivity contribution in [3.63, 3.8) is 0 Å². The molecule has 0 aliphatic rings. The van der Waals surface area contributed by atoms with E-state index in [2.05, 4.69) is 26.8 Å². The molecule has 1 rings (SSSR count). The molecule has 1 unspecified atom stereocenters. The molecule has 0 aromatic heterocycles. The number of halogens is 1. The predicted octanol–water partition coefficient (Wildman–Crippen LogP) is 4.76. The number of nitrogens with two attached hydrogens (primary N) is 1. The van der Waals surface area contributed by atoms with E-state index < -0.39 is 0 Å². The van der Waals surface area contributed by atoms with E-state index in [0.29, 0.717) is 0 Å². The van der Waals surface area contributed by atoms with Crippen LogP contribution in [0.3, 0.4) is 0 Å². The van der Waals surface area contributed by atoms with Crippen molar-refractivity contribution < 1.29 is 0 Å². The summed E-state index contributed by atoms with van der Waals surface area (Å²) >= 11 is 8.21. The van der Waals surface area contributed by atoms with Crippen LogP contribution in [0.1, 0.15) is 39.2 Å². The molecule has 0 fully saturated rings. The van der Waals surface area contributed by atoms with Crippen LogP contribution in [0.25, 0.3) is 0 Å². The minimum Gasteiger partial charge on any atom is -0.327 e. The summed E-state index contributed by atoms with van der Waals surface area (Å²) in [4.78, 5) is 1.30. The Kier molecular flexibility index (Phi) is 7.13. The molecule has 1 aromatic carbocycles. The molecule has 0 saturated heterocycles. The first-order valence-electron chi connectivity index (χ1n) is 6.70. The molecule has 3 heteroatoms. The highest BCUT2D eigenvalue weighted by Crippen LogP contribution is 2.30. The van der Waals surface area contributed by atoms with Crippen LogP contribution in [0.5, 0.6) is 0 Å². The van der Waals surface area contributed by atoms with Crippen molar-refractivity contribution in [2.45, 2.75) is 51.0 Å². The van der Waals surface area contributed by atoms with Crippen LogP contribution in [0.2, 0.25) is 5.02 Å². The Hall–Kier alpha value is -0.180. The van der Waals surface area contributed by atoms with Gasteiger partial charge in [-0.2, -0.15) is 0 Å². The summed E-state index contributed by atoms with van der Waals surface area (Å²) in [6.07, 6.45) is 3.10. The van der Waals surface area contributed by atoms with Crippen LogP contribution in [0.4, 0.5) is 0 Å². The predicted molar refractivity (Wildman–Crippen MR) is 83.6 cm³/mol. The van der Waals surface area contributed by atoms with Crippen molar-refractivity contribution in [2.24, 2.45) is 11.7 Å². The summed E-state index contributed by atoms with van der Waals surface area (Å²) in [7, 11) is 0. The zero-order valence-corrected chi connectivity index (χ0v) is 13.2. The van der Waals surface area contributed by atoms with Gasteiger partial charge in [0.15, 0.2) is 0 Å². The average Bonchev–Trinajstić information content (AvgIpc) is 2.32. The van der Waals surface area contributed by atoms with Crippen molar-refractivity contribution in [1.29, 1.82) is 0 Å². The Balaban J connectivity index is 2.73. The molecule has 102 valence electrons. The molecule has 18 heavy (non-hydrogen) atoms. The summed E-state index contributed by atoms with van der Waals surface area (Å²) in [5.41, 5.74) is 7.28. The van der Waals surface area contributed by atoms with Crippen LogP contribution in [-0.4, -0.2) is 11.8 Å². The molecule has 1 nitrogen and oxygen atoms in total. The van der Waals surface area contributed by atoms with E-state index in [1.165, 1.54) is 16.9 Å². The third kappa shape index (κ3) is 5.21. The fourth-order valence-electron chi connectivity index (χ4n) is 1.68. The lowest BCUT2D eigenvalue weighted by molar-refractivity contribution is 0.631. The van der Waals surface area contributed by atoms with E-state index in [9.17, 15) is 0 Å². The van der Waals surface area contributed by atoms with Gasteiger partial charge in [0.2, 0.25) is 0 Å². The fraction of sp³-hybridized carbons (Fsp3) is 0.600. The zero-order chi connectivity index (χ0) is 13.5. The van der Waals surface area contributed by atoms with Gasteiger partial charge >= 0.3 is 0 Å². The summed E-state index contributed by atoms with van der Waals surface area (Å²) in [6, 6.07) is 6.36. The number of thioether (sulfide) groups is 1. The minimum atomic E-state index is 0.203. The molecule has 0 bridgehead atoms. The highest BCUT2D eigenvalue weighted by Gasteiger charge is 2.11. The van der Waals surface area contributed by atoms with Crippen molar-refractivity contribution in [3.05, 3.63) is 28.8 Å². The monoisotopic (exact) mass is 285 g/mol. The topological polar surface area (TPSA) is 26.0 Å². The van der Waals surface area contributed by atoms with Gasteiger partial charge in [-0.25, -0.2) is 0 Å². The first-order valence-corrected chi connectivity index (χ1v) is 8.06. The van der Waals surface area contributed by atoms with Gasteiger partial charge in [-0.05, 0) is 48.6 Å². The molecule has 0 aliphatic carbocycles. The van der Waals surface area contributed by atoms with E-state index in [1.54, 1.807) is 0 Å². The summed E-state index contributed by atoms with van der Waals surface area (Å²) < 4.78 is 0. The molecule has 0 heterocycles. The number of benzene rings is 1. The van der Waals surface area contributed by atoms with Gasteiger partial charge < -0.3 is 5.73 Å². The molecular weight excluding hydrogens is 262 g/mol. The normalized spacial score (nSPS) is 13.0. The lowest BCUT2D eigenvalue weighted by Gasteiger charge is -2.15. The highest BCUT2D eigenvalue weighted by atomic mass is 35.5. The largest absolute Gasteiger partial charge is 0.327 e. The SMILES string of the molecule is CCC(N)Cc1c(Cl)cccc1SCCC(C)C. The Morgan fingerprint density at radius 1 is 1.33 bits per heavy atom. The van der Waals surface area contributed by atoms with Crippen LogP contribution in [0.15, 0.2) is 23.1 Å². The zero-order valence-electron chi connectivity index (χ0n) is 11.6. The maximum atomic E-state index is 6.30. The summed E-state index contributed by atoms with van der Waals surface area (Å²) in [5.74, 6) is 1.89. The van der Waals surface area contributed by atoms with E-state index in [4.69, 9.17) is 17.3 Å². The van der Waals surface area contributed by atoms with E-state index in [1.807, 2.05) is 23.9 Å². The number of rotatable bonds is 7. The Labute approximate surface area is 120 Å². The van der Waals surface area contributed by atoms with Gasteiger partial charge in [-0.3, -0.25) is 0 Å². The van der Waals surface area contributed by atoms with Crippen LogP contribution < -0.4 is 5.73 Å². The van der Waals surface area contributed by atoms with Crippen LogP contribution in [-0.2, 0) is 6.42 Å². The molecule has 1 atom stereocenters. The van der Waals surface area contributed by atoms with E-state index in [-0.39, 0.29) is 6.04 Å². The van der Waals surface area contributed by atoms with Gasteiger partial charge in [0, 0.05) is 16.0 Å². The fourth-order valence-corrected chi connectivity index (χ4v) is 3.34. The van der Waals surface area contributed by atoms with Gasteiger partial charge in [0.1, 0.15) is 0 Å². The third-order valence-corrected chi connectivity index (χ3v) is 4.51. The van der Waals surface area contributed by atoms with Gasteiger partial charge in [-0.15, -0.1) is 11.8 Å². The molecule has 0 radical (unpaired) electrons. The van der Waals surface area contributed by atoms with Gasteiger partial charge in [0.05, 0.1) is 0 Å². The molecular formula is C15H24ClNS. The quantitative estimate of drug-likeness (QED) is 0.731. The average molecular weight is 286 g/mol. The summed E-state index contributed by atoms with van der Waals surface area (Å²) in [6.45, 7) is 6.63. The molecule has 0 saturated carbocycles. The molecule has 0 aliphatic heterocycles. The first kappa shape index (κ1) is 15.9. The van der Waals surface area contributed by atoms with E-state index in [0.717, 1.165) is 29.5 Å². The highest BCUT2D eigenvalue weighted by molar-refractivity contribution is 7.99. The van der Waals surface area contributed by atoms with Crippen molar-refractivity contribution in [3.8, 4) is 0 Å². The Morgan fingerprint density at radius 2 is 2.06 bits per heavy atom. The second-order valence-corrected chi connectivity index (χ2v) is 6.66. The standard InChI is InChI=1S/C15H24ClNS/c1-4-12(17)10-13-14(16)6-5-7-15(13)18-9-8-11(2)3/h5-7,11-12H,4,8-10,17H2,1-3H3. The molecule has 1 aromatic rings. The van der Waals surface area contributed by atoms with Crippen molar-refractivity contribution >= 4 is 23.4 Å². The molecule has 0 spiro atoms. The van der Waals surface area contributed by atoms with Gasteiger partial charge in [0.25, 0.3) is 0 Å². The third-order valence-electron chi connectivity index (χ3n) is 3.02. The van der Waals surface area contributed by atoms with Crippen molar-refractivity contribution in [2.75, 3.05) is 5.75 Å². The Bertz CT molecular complexity index is 366. The lowest BCUT2D eigenvalue weighted by atomic mass is 10.0. The van der Waals surface area contributed by atoms with Crippen molar-refractivity contribution in [1.82, 2.24) is 0 Å². The number of hydrogen-bond acceptors (Lipinski definition) is 2. The lowest BCUT2D eigenvalue weighted by Crippen LogP contribution is -2.21. The second-order valence-electron chi connectivity index (χ2n) is 5.12. The first-order chi connectivity index (χ1) is 8.54. The minimum absolute atomic E-state index is 0.203. The van der Waals surface area contributed by atoms with Gasteiger partial charge in [-0.1, -0.05) is 38.4 Å².